The van der Waals surface area contributed by atoms with E-state index in [0.29, 0.717) is 12.4 Å². The van der Waals surface area contributed by atoms with Crippen LogP contribution in [-0.4, -0.2) is 11.5 Å². The monoisotopic (exact) mass is 315 g/mol. The Morgan fingerprint density at radius 2 is 2.15 bits per heavy atom. The van der Waals surface area contributed by atoms with Crippen molar-refractivity contribution in [1.82, 2.24) is 0 Å². The fourth-order valence-electron chi connectivity index (χ4n) is 1.48. The van der Waals surface area contributed by atoms with Crippen LogP contribution in [0.3, 0.4) is 0 Å². The first kappa shape index (κ1) is 16.5. The Morgan fingerprint density at radius 3 is 2.80 bits per heavy atom. The van der Waals surface area contributed by atoms with Gasteiger partial charge in [-0.1, -0.05) is 40.9 Å². The Hall–Kier alpha value is -1.52. The average Bonchev–Trinajstić information content (AvgIpc) is 2.38. The smallest absolute Gasteiger partial charge is 0.273 e. The van der Waals surface area contributed by atoms with Crippen LogP contribution in [0, 0.1) is 10.1 Å². The Morgan fingerprint density at radius 1 is 1.40 bits per heavy atom. The minimum Gasteiger partial charge on any atom is -0.489 e. The fraction of sp³-hybridized carbons (Fsp3) is 0.286. The molecule has 0 aliphatic rings. The van der Waals surface area contributed by atoms with E-state index in [4.69, 9.17) is 27.9 Å². The van der Waals surface area contributed by atoms with Gasteiger partial charge in [0.05, 0.1) is 11.0 Å². The van der Waals surface area contributed by atoms with Crippen molar-refractivity contribution in [2.75, 3.05) is 6.61 Å². The SMILES string of the molecule is CC(=CCOc1cccc([N+](=O)[O-])c1)CCC=C(Cl)Cl. The van der Waals surface area contributed by atoms with Crippen LogP contribution in [0.25, 0.3) is 0 Å². The molecule has 0 bridgehead atoms. The van der Waals surface area contributed by atoms with Gasteiger partial charge < -0.3 is 4.74 Å². The van der Waals surface area contributed by atoms with E-state index in [2.05, 4.69) is 0 Å². The molecule has 0 heterocycles. The molecule has 0 atom stereocenters. The van der Waals surface area contributed by atoms with Crippen molar-refractivity contribution < 1.29 is 9.66 Å². The lowest BCUT2D eigenvalue weighted by atomic mass is 10.1. The summed E-state index contributed by atoms with van der Waals surface area (Å²) in [4.78, 5) is 10.2. The molecule has 0 unspecified atom stereocenters. The van der Waals surface area contributed by atoms with Crippen LogP contribution in [-0.2, 0) is 0 Å². The number of benzene rings is 1. The van der Waals surface area contributed by atoms with Crippen molar-refractivity contribution in [3.05, 3.63) is 56.6 Å². The molecular weight excluding hydrogens is 301 g/mol. The lowest BCUT2D eigenvalue weighted by molar-refractivity contribution is -0.384. The average molecular weight is 316 g/mol. The van der Waals surface area contributed by atoms with Crippen molar-refractivity contribution in [2.45, 2.75) is 19.8 Å². The third-order valence-corrected chi connectivity index (χ3v) is 2.86. The van der Waals surface area contributed by atoms with Gasteiger partial charge in [-0.05, 0) is 31.9 Å². The van der Waals surface area contributed by atoms with Crippen molar-refractivity contribution in [3.63, 3.8) is 0 Å². The molecule has 0 saturated carbocycles. The van der Waals surface area contributed by atoms with E-state index in [-0.39, 0.29) is 10.2 Å². The van der Waals surface area contributed by atoms with E-state index < -0.39 is 4.92 Å². The Labute approximate surface area is 127 Å². The minimum atomic E-state index is -0.448. The summed E-state index contributed by atoms with van der Waals surface area (Å²) in [5.41, 5.74) is 1.16. The van der Waals surface area contributed by atoms with Gasteiger partial charge in [0.25, 0.3) is 5.69 Å². The maximum absolute atomic E-state index is 10.6. The first-order valence-corrected chi connectivity index (χ1v) is 6.78. The molecule has 0 aliphatic carbocycles. The van der Waals surface area contributed by atoms with Gasteiger partial charge in [-0.15, -0.1) is 0 Å². The Balaban J connectivity index is 2.45. The zero-order chi connectivity index (χ0) is 15.0. The fourth-order valence-corrected chi connectivity index (χ4v) is 1.70. The maximum Gasteiger partial charge on any atom is 0.273 e. The summed E-state index contributed by atoms with van der Waals surface area (Å²) in [6, 6.07) is 6.11. The van der Waals surface area contributed by atoms with Crippen molar-refractivity contribution >= 4 is 28.9 Å². The topological polar surface area (TPSA) is 52.4 Å². The molecule has 0 aromatic heterocycles. The molecule has 6 heteroatoms. The molecule has 0 amide bonds. The first-order chi connectivity index (χ1) is 9.49. The normalized spacial score (nSPS) is 11.1. The molecule has 108 valence electrons. The number of nitro benzene ring substituents is 1. The third kappa shape index (κ3) is 6.59. The van der Waals surface area contributed by atoms with E-state index in [1.807, 2.05) is 13.0 Å². The van der Waals surface area contributed by atoms with E-state index in [0.717, 1.165) is 18.4 Å². The van der Waals surface area contributed by atoms with Crippen LogP contribution in [0.2, 0.25) is 0 Å². The van der Waals surface area contributed by atoms with Gasteiger partial charge in [-0.2, -0.15) is 0 Å². The van der Waals surface area contributed by atoms with E-state index in [1.165, 1.54) is 12.1 Å². The van der Waals surface area contributed by atoms with Crippen LogP contribution in [0.4, 0.5) is 5.69 Å². The van der Waals surface area contributed by atoms with Crippen LogP contribution in [0.1, 0.15) is 19.8 Å². The summed E-state index contributed by atoms with van der Waals surface area (Å²) in [7, 11) is 0. The van der Waals surface area contributed by atoms with Crippen LogP contribution in [0.5, 0.6) is 5.75 Å². The highest BCUT2D eigenvalue weighted by molar-refractivity contribution is 6.55. The third-order valence-electron chi connectivity index (χ3n) is 2.55. The van der Waals surface area contributed by atoms with Crippen LogP contribution in [0.15, 0.2) is 46.5 Å². The predicted octanol–water partition coefficient (Wildman–Crippen LogP) is 5.02. The quantitative estimate of drug-likeness (QED) is 0.403. The van der Waals surface area contributed by atoms with Gasteiger partial charge >= 0.3 is 0 Å². The molecule has 0 saturated heterocycles. The lowest BCUT2D eigenvalue weighted by Gasteiger charge is -2.04. The van der Waals surface area contributed by atoms with E-state index >= 15 is 0 Å². The zero-order valence-electron chi connectivity index (χ0n) is 11.0. The number of hydrogen-bond acceptors (Lipinski definition) is 3. The number of hydrogen-bond donors (Lipinski definition) is 0. The number of allylic oxidation sites excluding steroid dienone is 2. The van der Waals surface area contributed by atoms with E-state index in [1.54, 1.807) is 18.2 Å². The molecule has 1 aromatic rings. The van der Waals surface area contributed by atoms with Gasteiger partial charge in [0.2, 0.25) is 0 Å². The summed E-state index contributed by atoms with van der Waals surface area (Å²) < 4.78 is 5.72. The van der Waals surface area contributed by atoms with Gasteiger partial charge in [-0.3, -0.25) is 10.1 Å². The van der Waals surface area contributed by atoms with Gasteiger partial charge in [-0.25, -0.2) is 0 Å². The second kappa shape index (κ2) is 8.61. The maximum atomic E-state index is 10.6. The molecule has 0 spiro atoms. The lowest BCUT2D eigenvalue weighted by Crippen LogP contribution is -1.96. The van der Waals surface area contributed by atoms with Crippen LogP contribution >= 0.6 is 23.2 Å². The number of halogens is 2. The Bertz CT molecular complexity index is 523. The molecule has 1 aromatic carbocycles. The first-order valence-electron chi connectivity index (χ1n) is 6.03. The van der Waals surface area contributed by atoms with Gasteiger partial charge in [0.15, 0.2) is 0 Å². The molecule has 0 radical (unpaired) electrons. The number of nitro groups is 1. The number of nitrogens with zero attached hydrogens (tertiary/aromatic N) is 1. The molecule has 0 aliphatic heterocycles. The zero-order valence-corrected chi connectivity index (χ0v) is 12.5. The van der Waals surface area contributed by atoms with Crippen LogP contribution < -0.4 is 4.74 Å². The molecule has 20 heavy (non-hydrogen) atoms. The summed E-state index contributed by atoms with van der Waals surface area (Å²) in [5.74, 6) is 0.479. The highest BCUT2D eigenvalue weighted by atomic mass is 35.5. The largest absolute Gasteiger partial charge is 0.489 e. The highest BCUT2D eigenvalue weighted by Crippen LogP contribution is 2.19. The number of ether oxygens (including phenoxy) is 1. The standard InChI is InChI=1S/C14H15Cl2NO3/c1-11(4-2-7-14(15)16)8-9-20-13-6-3-5-12(10-13)17(18)19/h3,5-8,10H,2,4,9H2,1H3. The van der Waals surface area contributed by atoms with Crippen molar-refractivity contribution in [3.8, 4) is 5.75 Å². The second-order valence-corrected chi connectivity index (χ2v) is 5.16. The molecular formula is C14H15Cl2NO3. The summed E-state index contributed by atoms with van der Waals surface area (Å²) in [6.45, 7) is 2.35. The Kier molecular flexibility index (Phi) is 7.12. The molecule has 0 fully saturated rings. The second-order valence-electron chi connectivity index (χ2n) is 4.15. The van der Waals surface area contributed by atoms with Gasteiger partial charge in [0.1, 0.15) is 16.8 Å². The summed E-state index contributed by atoms with van der Waals surface area (Å²) in [5, 5.41) is 10.6. The van der Waals surface area contributed by atoms with Gasteiger partial charge in [0, 0.05) is 6.07 Å². The molecule has 4 nitrogen and oxygen atoms in total. The molecule has 0 N–H and O–H groups in total. The number of rotatable bonds is 7. The minimum absolute atomic E-state index is 0.0186. The van der Waals surface area contributed by atoms with Crippen molar-refractivity contribution in [1.29, 1.82) is 0 Å². The van der Waals surface area contributed by atoms with E-state index in [9.17, 15) is 10.1 Å². The summed E-state index contributed by atoms with van der Waals surface area (Å²) >= 11 is 11.0. The predicted molar refractivity (Wildman–Crippen MR) is 81.4 cm³/mol. The summed E-state index contributed by atoms with van der Waals surface area (Å²) in [6.07, 6.45) is 5.26. The molecule has 1 rings (SSSR count). The van der Waals surface area contributed by atoms with Crippen molar-refractivity contribution in [2.24, 2.45) is 0 Å². The highest BCUT2D eigenvalue weighted by Gasteiger charge is 2.05. The number of non-ortho nitro benzene ring substituents is 1.